The van der Waals surface area contributed by atoms with E-state index >= 15 is 0 Å². The summed E-state index contributed by atoms with van der Waals surface area (Å²) in [6.07, 6.45) is 7.09. The van der Waals surface area contributed by atoms with Crippen LogP contribution in [0.4, 0.5) is 0 Å². The topological polar surface area (TPSA) is 58.9 Å². The Labute approximate surface area is 192 Å². The van der Waals surface area contributed by atoms with Gasteiger partial charge in [-0.05, 0) is 12.8 Å². The minimum Gasteiger partial charge on any atom is -0.490 e. The molecule has 2 atom stereocenters. The Balaban J connectivity index is 1.87. The van der Waals surface area contributed by atoms with Gasteiger partial charge in [0.25, 0.3) is 0 Å². The summed E-state index contributed by atoms with van der Waals surface area (Å²) in [7, 11) is 0. The number of fused-ring (bicyclic) bond motifs is 2. The predicted molar refractivity (Wildman–Crippen MR) is 133 cm³/mol. The van der Waals surface area contributed by atoms with E-state index in [2.05, 4.69) is 13.8 Å². The highest BCUT2D eigenvalue weighted by Gasteiger charge is 2.18. The monoisotopic (exact) mass is 438 g/mol. The molecule has 32 heavy (non-hydrogen) atoms. The van der Waals surface area contributed by atoms with Crippen molar-refractivity contribution in [3.05, 3.63) is 48.5 Å². The van der Waals surface area contributed by atoms with Gasteiger partial charge in [-0.2, -0.15) is 0 Å². The van der Waals surface area contributed by atoms with Gasteiger partial charge in [-0.3, -0.25) is 0 Å². The molecule has 2 unspecified atom stereocenters. The zero-order chi connectivity index (χ0) is 22.8. The lowest BCUT2D eigenvalue weighted by molar-refractivity contribution is 0.0979. The van der Waals surface area contributed by atoms with Crippen molar-refractivity contribution in [2.75, 3.05) is 13.2 Å². The zero-order valence-electron chi connectivity index (χ0n) is 19.6. The fourth-order valence-electron chi connectivity index (χ4n) is 4.15. The molecule has 0 fully saturated rings. The van der Waals surface area contributed by atoms with E-state index in [1.54, 1.807) is 0 Å². The molecular formula is C28H38O4. The first-order chi connectivity index (χ1) is 15.7. The van der Waals surface area contributed by atoms with Gasteiger partial charge in [-0.1, -0.05) is 101 Å². The number of rotatable bonds is 14. The summed E-state index contributed by atoms with van der Waals surface area (Å²) in [6.45, 7) is 4.87. The molecule has 0 spiro atoms. The van der Waals surface area contributed by atoms with Gasteiger partial charge in [0.15, 0.2) is 0 Å². The lowest BCUT2D eigenvalue weighted by atomic mass is 10.0. The molecule has 0 aliphatic heterocycles. The number of benzene rings is 3. The van der Waals surface area contributed by atoms with Crippen LogP contribution in [0.5, 0.6) is 11.5 Å². The first-order valence-electron chi connectivity index (χ1n) is 12.2. The lowest BCUT2D eigenvalue weighted by Crippen LogP contribution is -2.18. The van der Waals surface area contributed by atoms with Crippen LogP contribution < -0.4 is 9.47 Å². The normalized spacial score (nSPS) is 13.4. The van der Waals surface area contributed by atoms with Gasteiger partial charge in [-0.15, -0.1) is 0 Å². The Morgan fingerprint density at radius 1 is 0.594 bits per heavy atom. The van der Waals surface area contributed by atoms with Crippen LogP contribution in [-0.2, 0) is 0 Å². The van der Waals surface area contributed by atoms with E-state index in [9.17, 15) is 10.2 Å². The van der Waals surface area contributed by atoms with Gasteiger partial charge in [0, 0.05) is 21.5 Å². The molecule has 3 aromatic carbocycles. The van der Waals surface area contributed by atoms with Gasteiger partial charge in [-0.25, -0.2) is 0 Å². The van der Waals surface area contributed by atoms with Gasteiger partial charge in [0.05, 0.1) is 12.2 Å². The Kier molecular flexibility index (Phi) is 9.63. The first kappa shape index (κ1) is 24.3. The summed E-state index contributed by atoms with van der Waals surface area (Å²) < 4.78 is 12.4. The van der Waals surface area contributed by atoms with Crippen LogP contribution >= 0.6 is 0 Å². The summed E-state index contributed by atoms with van der Waals surface area (Å²) in [5.41, 5.74) is 0. The molecule has 0 aliphatic carbocycles. The first-order valence-corrected chi connectivity index (χ1v) is 12.2. The Bertz CT molecular complexity index is 833. The van der Waals surface area contributed by atoms with Crippen LogP contribution in [0.3, 0.4) is 0 Å². The highest BCUT2D eigenvalue weighted by molar-refractivity contribution is 6.11. The molecule has 4 nitrogen and oxygen atoms in total. The maximum atomic E-state index is 10.4. The van der Waals surface area contributed by atoms with E-state index in [0.717, 1.165) is 84.4 Å². The Morgan fingerprint density at radius 2 is 0.938 bits per heavy atom. The largest absolute Gasteiger partial charge is 0.490 e. The van der Waals surface area contributed by atoms with Crippen molar-refractivity contribution in [2.45, 2.75) is 77.4 Å². The molecule has 0 aromatic heterocycles. The highest BCUT2D eigenvalue weighted by Crippen LogP contribution is 2.42. The molecule has 0 saturated heterocycles. The van der Waals surface area contributed by atoms with E-state index in [1.807, 2.05) is 48.5 Å². The van der Waals surface area contributed by atoms with E-state index in [4.69, 9.17) is 9.47 Å². The third-order valence-corrected chi connectivity index (χ3v) is 5.95. The maximum Gasteiger partial charge on any atom is 0.135 e. The number of hydrogen-bond donors (Lipinski definition) is 2. The molecule has 3 aromatic rings. The van der Waals surface area contributed by atoms with Crippen molar-refractivity contribution in [3.8, 4) is 11.5 Å². The minimum absolute atomic E-state index is 0.272. The fourth-order valence-corrected chi connectivity index (χ4v) is 4.15. The lowest BCUT2D eigenvalue weighted by Gasteiger charge is -2.20. The summed E-state index contributed by atoms with van der Waals surface area (Å²) >= 11 is 0. The maximum absolute atomic E-state index is 10.4. The molecule has 174 valence electrons. The number of aliphatic hydroxyl groups excluding tert-OH is 2. The van der Waals surface area contributed by atoms with Crippen molar-refractivity contribution >= 4 is 21.5 Å². The van der Waals surface area contributed by atoms with Crippen molar-refractivity contribution < 1.29 is 19.7 Å². The number of aliphatic hydroxyl groups is 2. The van der Waals surface area contributed by atoms with Gasteiger partial charge >= 0.3 is 0 Å². The molecule has 0 radical (unpaired) electrons. The summed E-state index contributed by atoms with van der Waals surface area (Å²) in [5.74, 6) is 1.56. The summed E-state index contributed by atoms with van der Waals surface area (Å²) in [4.78, 5) is 0. The van der Waals surface area contributed by atoms with Crippen LogP contribution in [0.15, 0.2) is 48.5 Å². The quantitative estimate of drug-likeness (QED) is 0.219. The Morgan fingerprint density at radius 3 is 1.25 bits per heavy atom. The standard InChI is InChI=1S/C28H38O4/c1-3-5-7-13-21(29)19-31-27-23-15-9-11-17-25(23)28(26-18-12-10-16-24(26)27)32-20-22(30)14-8-6-4-2/h9-12,15-18,21-22,29-30H,3-8,13-14,19-20H2,1-2H3. The second-order valence-corrected chi connectivity index (χ2v) is 8.67. The van der Waals surface area contributed by atoms with Crippen LogP contribution in [0.1, 0.15) is 65.2 Å². The van der Waals surface area contributed by atoms with E-state index in [0.29, 0.717) is 0 Å². The van der Waals surface area contributed by atoms with E-state index in [1.165, 1.54) is 0 Å². The van der Waals surface area contributed by atoms with Crippen LogP contribution in [0.25, 0.3) is 21.5 Å². The van der Waals surface area contributed by atoms with Crippen molar-refractivity contribution in [1.29, 1.82) is 0 Å². The molecule has 0 bridgehead atoms. The minimum atomic E-state index is -0.478. The molecule has 3 rings (SSSR count). The van der Waals surface area contributed by atoms with Gasteiger partial charge < -0.3 is 19.7 Å². The number of unbranched alkanes of at least 4 members (excludes halogenated alkanes) is 4. The molecule has 0 saturated carbocycles. The molecule has 0 heterocycles. The molecule has 0 aliphatic rings. The molecule has 2 N–H and O–H groups in total. The van der Waals surface area contributed by atoms with Crippen molar-refractivity contribution in [2.24, 2.45) is 0 Å². The van der Waals surface area contributed by atoms with Crippen LogP contribution in [0.2, 0.25) is 0 Å². The fraction of sp³-hybridized carbons (Fsp3) is 0.500. The number of ether oxygens (including phenoxy) is 2. The van der Waals surface area contributed by atoms with Gasteiger partial charge in [0.2, 0.25) is 0 Å². The van der Waals surface area contributed by atoms with Crippen LogP contribution in [0, 0.1) is 0 Å². The third-order valence-electron chi connectivity index (χ3n) is 5.95. The summed E-state index contributed by atoms with van der Waals surface area (Å²) in [6, 6.07) is 16.1. The molecular weight excluding hydrogens is 400 g/mol. The van der Waals surface area contributed by atoms with Gasteiger partial charge in [0.1, 0.15) is 24.7 Å². The van der Waals surface area contributed by atoms with Crippen molar-refractivity contribution in [3.63, 3.8) is 0 Å². The van der Waals surface area contributed by atoms with Crippen LogP contribution in [-0.4, -0.2) is 35.6 Å². The number of hydrogen-bond acceptors (Lipinski definition) is 4. The Hall–Kier alpha value is -2.30. The average molecular weight is 439 g/mol. The zero-order valence-corrected chi connectivity index (χ0v) is 19.6. The molecule has 4 heteroatoms. The predicted octanol–water partition coefficient (Wildman–Crippen LogP) is 6.63. The van der Waals surface area contributed by atoms with E-state index < -0.39 is 12.2 Å². The second-order valence-electron chi connectivity index (χ2n) is 8.67. The van der Waals surface area contributed by atoms with E-state index in [-0.39, 0.29) is 13.2 Å². The smallest absolute Gasteiger partial charge is 0.135 e. The van der Waals surface area contributed by atoms with Crippen molar-refractivity contribution in [1.82, 2.24) is 0 Å². The average Bonchev–Trinajstić information content (AvgIpc) is 2.81. The highest BCUT2D eigenvalue weighted by atomic mass is 16.5. The third kappa shape index (κ3) is 6.36. The summed E-state index contributed by atoms with van der Waals surface area (Å²) in [5, 5.41) is 24.6. The second kappa shape index (κ2) is 12.7. The SMILES string of the molecule is CCCCCC(O)COc1c2ccccc2c(OCC(O)CCCCC)c2ccccc12. The molecule has 0 amide bonds.